The first-order valence-electron chi connectivity index (χ1n) is 21.6. The number of hydrogen-bond acceptors (Lipinski definition) is 10. The number of benzene rings is 3. The molecule has 10 rings (SSSR count). The fourth-order valence-corrected chi connectivity index (χ4v) is 12.2. The first kappa shape index (κ1) is 41.1. The van der Waals surface area contributed by atoms with Gasteiger partial charge in [0.1, 0.15) is 22.7 Å². The molecule has 0 spiro atoms. The molecular weight excluding hydrogens is 817 g/mol. The normalized spacial score (nSPS) is 24.7. The largest absolute Gasteiger partial charge is 0.457 e. The van der Waals surface area contributed by atoms with Gasteiger partial charge in [0.25, 0.3) is 11.8 Å². The van der Waals surface area contributed by atoms with Crippen LogP contribution >= 0.6 is 21.6 Å². The number of anilines is 1. The zero-order valence-electron chi connectivity index (χ0n) is 35.6. The van der Waals surface area contributed by atoms with Gasteiger partial charge in [-0.25, -0.2) is 0 Å². The number of carbonyl (C=O) groups is 2. The highest BCUT2D eigenvalue weighted by Gasteiger charge is 2.63. The summed E-state index contributed by atoms with van der Waals surface area (Å²) in [5.74, 6) is 2.93. The van der Waals surface area contributed by atoms with E-state index >= 15 is 0 Å². The van der Waals surface area contributed by atoms with Gasteiger partial charge in [0.15, 0.2) is 11.4 Å². The average molecular weight is 869 g/mol. The lowest BCUT2D eigenvalue weighted by molar-refractivity contribution is -0.117. The molecule has 3 fully saturated rings. The molecule has 12 heteroatoms. The maximum absolute atomic E-state index is 13.4. The quantitative estimate of drug-likeness (QED) is 0.0878. The number of hydrogen-bond donors (Lipinski definition) is 2. The summed E-state index contributed by atoms with van der Waals surface area (Å²) in [6, 6.07) is 26.3. The van der Waals surface area contributed by atoms with E-state index in [4.69, 9.17) is 18.3 Å². The van der Waals surface area contributed by atoms with Crippen LogP contribution in [-0.2, 0) is 19.7 Å². The second kappa shape index (κ2) is 16.0. The van der Waals surface area contributed by atoms with E-state index in [0.717, 1.165) is 75.7 Å². The van der Waals surface area contributed by atoms with Crippen molar-refractivity contribution < 1.29 is 27.9 Å². The first-order chi connectivity index (χ1) is 30.0. The molecule has 0 bridgehead atoms. The lowest BCUT2D eigenvalue weighted by Crippen LogP contribution is -2.51. The van der Waals surface area contributed by atoms with E-state index < -0.39 is 16.9 Å². The van der Waals surface area contributed by atoms with Crippen molar-refractivity contribution in [3.8, 4) is 0 Å². The Morgan fingerprint density at radius 3 is 2.03 bits per heavy atom. The number of nitrogens with zero attached hydrogens (tertiary/aromatic N) is 2. The van der Waals surface area contributed by atoms with Gasteiger partial charge in [0.2, 0.25) is 0 Å². The number of carbonyl (C=O) groups excluding carboxylic acids is 2. The third kappa shape index (κ3) is 6.77. The molecule has 3 unspecified atom stereocenters. The van der Waals surface area contributed by atoms with E-state index in [-0.39, 0.29) is 23.3 Å². The summed E-state index contributed by atoms with van der Waals surface area (Å²) in [7, 11) is 3.38. The molecule has 0 saturated carbocycles. The van der Waals surface area contributed by atoms with Gasteiger partial charge < -0.3 is 33.8 Å². The Hall–Kier alpha value is -4.98. The van der Waals surface area contributed by atoms with Gasteiger partial charge in [0.05, 0.1) is 13.2 Å². The molecule has 4 aliphatic heterocycles. The summed E-state index contributed by atoms with van der Waals surface area (Å²) >= 11 is 0. The van der Waals surface area contributed by atoms with Crippen molar-refractivity contribution in [1.82, 2.24) is 15.5 Å². The van der Waals surface area contributed by atoms with Gasteiger partial charge in [0, 0.05) is 82.2 Å². The zero-order valence-corrected chi connectivity index (χ0v) is 37.2. The van der Waals surface area contributed by atoms with Crippen molar-refractivity contribution in [3.63, 3.8) is 0 Å². The van der Waals surface area contributed by atoms with E-state index in [0.29, 0.717) is 37.4 Å². The first-order valence-corrected chi connectivity index (χ1v) is 24.1. The minimum Gasteiger partial charge on any atom is -0.457 e. The molecule has 62 heavy (non-hydrogen) atoms. The van der Waals surface area contributed by atoms with Crippen LogP contribution < -0.4 is 15.5 Å². The number of amides is 2. The maximum atomic E-state index is 13.4. The van der Waals surface area contributed by atoms with Gasteiger partial charge in [-0.3, -0.25) is 14.5 Å². The van der Waals surface area contributed by atoms with Crippen LogP contribution in [0.25, 0.3) is 34.1 Å². The number of para-hydroxylation sites is 2. The van der Waals surface area contributed by atoms with Crippen molar-refractivity contribution in [2.24, 2.45) is 5.41 Å². The Kier molecular flexibility index (Phi) is 10.6. The highest BCUT2D eigenvalue weighted by Crippen LogP contribution is 2.58. The van der Waals surface area contributed by atoms with Crippen LogP contribution in [-0.4, -0.2) is 85.1 Å². The molecule has 2 amide bonds. The molecule has 2 N–H and O–H groups in total. The minimum atomic E-state index is -0.691. The molecule has 6 heterocycles. The van der Waals surface area contributed by atoms with E-state index in [1.807, 2.05) is 72.8 Å². The molecule has 3 aromatic carbocycles. The lowest BCUT2D eigenvalue weighted by Gasteiger charge is -2.39. The average Bonchev–Trinajstić information content (AvgIpc) is 4.12. The van der Waals surface area contributed by atoms with Crippen LogP contribution in [0.3, 0.4) is 0 Å². The van der Waals surface area contributed by atoms with E-state index in [1.165, 1.54) is 5.57 Å². The van der Waals surface area contributed by atoms with Crippen LogP contribution in [0.1, 0.15) is 61.6 Å². The predicted octanol–water partition coefficient (Wildman–Crippen LogP) is 9.35. The highest BCUT2D eigenvalue weighted by molar-refractivity contribution is 8.76. The predicted molar refractivity (Wildman–Crippen MR) is 250 cm³/mol. The highest BCUT2D eigenvalue weighted by atomic mass is 33.1. The molecular formula is C50H52N4O6S2. The summed E-state index contributed by atoms with van der Waals surface area (Å²) in [4.78, 5) is 31.5. The molecule has 2 aromatic heterocycles. The summed E-state index contributed by atoms with van der Waals surface area (Å²) < 4.78 is 25.3. The monoisotopic (exact) mass is 868 g/mol. The molecule has 3 saturated heterocycles. The molecule has 3 atom stereocenters. The molecule has 5 aliphatic rings. The summed E-state index contributed by atoms with van der Waals surface area (Å²) in [5, 5.41) is 8.37. The maximum Gasteiger partial charge on any atom is 0.251 e. The zero-order chi connectivity index (χ0) is 42.7. The van der Waals surface area contributed by atoms with Crippen LogP contribution in [0.15, 0.2) is 123 Å². The van der Waals surface area contributed by atoms with Crippen molar-refractivity contribution in [2.75, 3.05) is 55.8 Å². The number of furan rings is 2. The third-order valence-electron chi connectivity index (χ3n) is 13.6. The number of ether oxygens (including phenoxy) is 2. The Balaban J connectivity index is 0.691. The minimum absolute atomic E-state index is 0.0536. The lowest BCUT2D eigenvalue weighted by atomic mass is 9.74. The van der Waals surface area contributed by atoms with E-state index in [2.05, 4.69) is 90.6 Å². The number of rotatable bonds is 13. The summed E-state index contributed by atoms with van der Waals surface area (Å²) in [5.41, 5.74) is 4.36. The van der Waals surface area contributed by atoms with Gasteiger partial charge in [-0.1, -0.05) is 91.8 Å². The van der Waals surface area contributed by atoms with Crippen LogP contribution in [0.5, 0.6) is 0 Å². The van der Waals surface area contributed by atoms with Crippen LogP contribution in [0, 0.1) is 5.41 Å². The fraction of sp³-hybridized carbons (Fsp3) is 0.360. The van der Waals surface area contributed by atoms with Gasteiger partial charge in [-0.15, -0.1) is 0 Å². The molecule has 0 radical (unpaired) electrons. The smallest absolute Gasteiger partial charge is 0.251 e. The van der Waals surface area contributed by atoms with Crippen molar-refractivity contribution in [1.29, 1.82) is 0 Å². The summed E-state index contributed by atoms with van der Waals surface area (Å²) in [6.07, 6.45) is 13.2. The third-order valence-corrected chi connectivity index (χ3v) is 16.0. The topological polar surface area (TPSA) is 109 Å². The standard InChI is InChI=1S/C50H52N4O6S2/c1-47(2)39-31-35(13-15-41(39)53-23-25-57-49(47,53)19-17-37-29-33-9-5-7-11-43(33)59-37)45(55)51-21-27-61-62-28-22-52-46(56)36-14-16-42-40(32-36)48(3,4)50(54(42)24-26-58-50)20-18-38-30-34-10-6-8-12-44(34)60-38/h5-15,17-20,29-32,42H,16,21-28H2,1-4H3,(H,51,55)(H,52,56)/b19-17+,20-18+. The summed E-state index contributed by atoms with van der Waals surface area (Å²) in [6.45, 7) is 12.8. The van der Waals surface area contributed by atoms with Gasteiger partial charge in [-0.2, -0.15) is 0 Å². The molecule has 1 aliphatic carbocycles. The van der Waals surface area contributed by atoms with Crippen molar-refractivity contribution >= 4 is 73.2 Å². The number of fused-ring (bicyclic) bond motifs is 8. The second-order valence-electron chi connectivity index (χ2n) is 17.6. The van der Waals surface area contributed by atoms with Gasteiger partial charge in [-0.05, 0) is 90.4 Å². The van der Waals surface area contributed by atoms with E-state index in [1.54, 1.807) is 21.6 Å². The Labute approximate surface area is 370 Å². The molecule has 320 valence electrons. The van der Waals surface area contributed by atoms with E-state index in [9.17, 15) is 9.59 Å². The van der Waals surface area contributed by atoms with Gasteiger partial charge >= 0.3 is 0 Å². The fourth-order valence-electron chi connectivity index (χ4n) is 10.4. The number of nitrogens with one attached hydrogen (secondary N) is 2. The Morgan fingerprint density at radius 1 is 0.742 bits per heavy atom. The van der Waals surface area contributed by atoms with Crippen molar-refractivity contribution in [3.05, 3.63) is 137 Å². The van der Waals surface area contributed by atoms with Crippen LogP contribution in [0.2, 0.25) is 0 Å². The Morgan fingerprint density at radius 2 is 1.35 bits per heavy atom. The Bertz CT molecular complexity index is 2630. The van der Waals surface area contributed by atoms with Crippen molar-refractivity contribution in [2.45, 2.75) is 57.0 Å². The SMILES string of the molecule is CC1(C)C2=CC(C(=O)NCCSSCCNC(=O)c3ccc4c(c3)C(C)(C)C3(/C=C/c5cc6ccccc6o5)OCCN43)=CCC2N2CCOC21/C=C/c1cc2ccccc2o1. The molecule has 10 nitrogen and oxygen atoms in total. The van der Waals surface area contributed by atoms with Crippen LogP contribution in [0.4, 0.5) is 5.69 Å². The molecule has 5 aromatic rings. The second-order valence-corrected chi connectivity index (χ2v) is 20.3.